The van der Waals surface area contributed by atoms with Gasteiger partial charge in [0, 0.05) is 23.0 Å². The highest BCUT2D eigenvalue weighted by Gasteiger charge is 2.19. The van der Waals surface area contributed by atoms with Crippen LogP contribution in [0.4, 0.5) is 11.4 Å². The van der Waals surface area contributed by atoms with Crippen molar-refractivity contribution < 1.29 is 0 Å². The van der Waals surface area contributed by atoms with Crippen molar-refractivity contribution in [3.8, 4) is 0 Å². The van der Waals surface area contributed by atoms with Gasteiger partial charge in [0.15, 0.2) is 0 Å². The molecule has 1 rings (SSSR count). The van der Waals surface area contributed by atoms with E-state index in [0.717, 1.165) is 31.4 Å². The van der Waals surface area contributed by atoms with Crippen LogP contribution in [0.25, 0.3) is 0 Å². The Hall–Kier alpha value is -1.22. The first-order valence-electron chi connectivity index (χ1n) is 7.81. The zero-order valence-electron chi connectivity index (χ0n) is 13.5. The summed E-state index contributed by atoms with van der Waals surface area (Å²) in [4.78, 5) is 0. The fourth-order valence-electron chi connectivity index (χ4n) is 2.55. The Labute approximate surface area is 124 Å². The Morgan fingerprint density at radius 2 is 1.90 bits per heavy atom. The minimum absolute atomic E-state index is 0.0246. The maximum absolute atomic E-state index is 6.34. The molecule has 0 aliphatic carbocycles. The number of nitrogens with one attached hydrogen (secondary N) is 1. The lowest BCUT2D eigenvalue weighted by Crippen LogP contribution is -2.38. The second-order valence-corrected chi connectivity index (χ2v) is 6.08. The molecule has 0 fully saturated rings. The van der Waals surface area contributed by atoms with Crippen LogP contribution >= 0.6 is 0 Å². The zero-order chi connectivity index (χ0) is 15.2. The van der Waals surface area contributed by atoms with Gasteiger partial charge in [0.25, 0.3) is 0 Å². The summed E-state index contributed by atoms with van der Waals surface area (Å²) in [7, 11) is 0. The average molecular weight is 277 g/mol. The van der Waals surface area contributed by atoms with Gasteiger partial charge in [-0.1, -0.05) is 13.8 Å². The summed E-state index contributed by atoms with van der Waals surface area (Å²) < 4.78 is 0. The van der Waals surface area contributed by atoms with Gasteiger partial charge in [-0.2, -0.15) is 0 Å². The largest absolute Gasteiger partial charge is 0.399 e. The topological polar surface area (TPSA) is 64.1 Å². The monoisotopic (exact) mass is 277 g/mol. The van der Waals surface area contributed by atoms with E-state index in [2.05, 4.69) is 39.1 Å². The SMILES string of the molecule is CCC(N)(CC)CCCC(C)Nc1ccc(N)cc1C. The molecule has 0 amide bonds. The molecular formula is C17H31N3. The van der Waals surface area contributed by atoms with Crippen LogP contribution in [0.1, 0.15) is 58.4 Å². The number of rotatable bonds is 8. The van der Waals surface area contributed by atoms with E-state index < -0.39 is 0 Å². The van der Waals surface area contributed by atoms with Gasteiger partial charge in [-0.15, -0.1) is 0 Å². The van der Waals surface area contributed by atoms with Crippen LogP contribution in [-0.4, -0.2) is 11.6 Å². The van der Waals surface area contributed by atoms with Gasteiger partial charge in [-0.05, 0) is 69.7 Å². The molecule has 114 valence electrons. The normalized spacial score (nSPS) is 13.2. The molecule has 0 bridgehead atoms. The third-order valence-corrected chi connectivity index (χ3v) is 4.37. The molecule has 0 aromatic heterocycles. The Balaban J connectivity index is 2.42. The molecule has 3 nitrogen and oxygen atoms in total. The molecule has 0 aliphatic rings. The average Bonchev–Trinajstić information content (AvgIpc) is 2.42. The van der Waals surface area contributed by atoms with Crippen LogP contribution in [0.5, 0.6) is 0 Å². The predicted molar refractivity (Wildman–Crippen MR) is 90.0 cm³/mol. The van der Waals surface area contributed by atoms with Crippen molar-refractivity contribution in [2.45, 2.75) is 71.4 Å². The van der Waals surface area contributed by atoms with E-state index in [1.165, 1.54) is 17.7 Å². The molecule has 0 aliphatic heterocycles. The summed E-state index contributed by atoms with van der Waals surface area (Å²) in [6, 6.07) is 6.47. The van der Waals surface area contributed by atoms with Gasteiger partial charge in [-0.25, -0.2) is 0 Å². The van der Waals surface area contributed by atoms with E-state index in [4.69, 9.17) is 11.5 Å². The summed E-state index contributed by atoms with van der Waals surface area (Å²) in [5, 5.41) is 3.56. The molecule has 1 atom stereocenters. The second kappa shape index (κ2) is 7.53. The summed E-state index contributed by atoms with van der Waals surface area (Å²) in [5.41, 5.74) is 15.3. The zero-order valence-corrected chi connectivity index (χ0v) is 13.5. The molecule has 20 heavy (non-hydrogen) atoms. The first kappa shape index (κ1) is 16.8. The number of benzene rings is 1. The van der Waals surface area contributed by atoms with Crippen molar-refractivity contribution in [1.82, 2.24) is 0 Å². The van der Waals surface area contributed by atoms with Crippen molar-refractivity contribution in [3.05, 3.63) is 23.8 Å². The maximum Gasteiger partial charge on any atom is 0.0373 e. The Kier molecular flexibility index (Phi) is 6.34. The van der Waals surface area contributed by atoms with Gasteiger partial charge >= 0.3 is 0 Å². The molecular weight excluding hydrogens is 246 g/mol. The van der Waals surface area contributed by atoms with Crippen molar-refractivity contribution in [2.24, 2.45) is 5.73 Å². The van der Waals surface area contributed by atoms with E-state index >= 15 is 0 Å². The number of hydrogen-bond acceptors (Lipinski definition) is 3. The van der Waals surface area contributed by atoms with Crippen molar-refractivity contribution in [1.29, 1.82) is 0 Å². The van der Waals surface area contributed by atoms with Crippen LogP contribution in [0.15, 0.2) is 18.2 Å². The van der Waals surface area contributed by atoms with Crippen molar-refractivity contribution in [2.75, 3.05) is 11.1 Å². The lowest BCUT2D eigenvalue weighted by Gasteiger charge is -2.27. The standard InChI is InChI=1S/C17H31N3/c1-5-17(19,6-2)11-7-8-14(4)20-16-10-9-15(18)12-13(16)3/h9-10,12,14,20H,5-8,11,18-19H2,1-4H3. The Morgan fingerprint density at radius 1 is 1.25 bits per heavy atom. The van der Waals surface area contributed by atoms with Crippen LogP contribution in [0.3, 0.4) is 0 Å². The maximum atomic E-state index is 6.34. The van der Waals surface area contributed by atoms with Gasteiger partial charge in [0.1, 0.15) is 0 Å². The lowest BCUT2D eigenvalue weighted by molar-refractivity contribution is 0.350. The number of nitrogen functional groups attached to an aromatic ring is 1. The molecule has 0 heterocycles. The van der Waals surface area contributed by atoms with Gasteiger partial charge in [-0.3, -0.25) is 0 Å². The third-order valence-electron chi connectivity index (χ3n) is 4.37. The summed E-state index contributed by atoms with van der Waals surface area (Å²) in [6.07, 6.45) is 5.53. The third kappa shape index (κ3) is 5.04. The van der Waals surface area contributed by atoms with Crippen molar-refractivity contribution >= 4 is 11.4 Å². The van der Waals surface area contributed by atoms with Gasteiger partial charge in [0.05, 0.1) is 0 Å². The summed E-state index contributed by atoms with van der Waals surface area (Å²) in [5.74, 6) is 0. The van der Waals surface area contributed by atoms with E-state index in [1.54, 1.807) is 0 Å². The second-order valence-electron chi connectivity index (χ2n) is 6.08. The van der Waals surface area contributed by atoms with E-state index in [-0.39, 0.29) is 5.54 Å². The van der Waals surface area contributed by atoms with E-state index in [9.17, 15) is 0 Å². The van der Waals surface area contributed by atoms with E-state index in [0.29, 0.717) is 6.04 Å². The highest BCUT2D eigenvalue weighted by atomic mass is 14.9. The predicted octanol–water partition coefficient (Wildman–Crippen LogP) is 4.07. The highest BCUT2D eigenvalue weighted by Crippen LogP contribution is 2.22. The number of nitrogens with two attached hydrogens (primary N) is 2. The fourth-order valence-corrected chi connectivity index (χ4v) is 2.55. The molecule has 0 spiro atoms. The quantitative estimate of drug-likeness (QED) is 0.628. The molecule has 0 saturated heterocycles. The smallest absolute Gasteiger partial charge is 0.0373 e. The Morgan fingerprint density at radius 3 is 2.45 bits per heavy atom. The fraction of sp³-hybridized carbons (Fsp3) is 0.647. The molecule has 1 aromatic carbocycles. The summed E-state index contributed by atoms with van der Waals surface area (Å²) in [6.45, 7) is 8.68. The molecule has 5 N–H and O–H groups in total. The van der Waals surface area contributed by atoms with Gasteiger partial charge < -0.3 is 16.8 Å². The minimum Gasteiger partial charge on any atom is -0.399 e. The van der Waals surface area contributed by atoms with Crippen LogP contribution in [0.2, 0.25) is 0 Å². The molecule has 3 heteroatoms. The molecule has 0 radical (unpaired) electrons. The minimum atomic E-state index is 0.0246. The van der Waals surface area contributed by atoms with Crippen LogP contribution < -0.4 is 16.8 Å². The van der Waals surface area contributed by atoms with Crippen molar-refractivity contribution in [3.63, 3.8) is 0 Å². The number of aryl methyl sites for hydroxylation is 1. The van der Waals surface area contributed by atoms with Crippen LogP contribution in [0, 0.1) is 6.92 Å². The first-order valence-corrected chi connectivity index (χ1v) is 7.81. The Bertz CT molecular complexity index is 411. The molecule has 1 aromatic rings. The van der Waals surface area contributed by atoms with Gasteiger partial charge in [0.2, 0.25) is 0 Å². The van der Waals surface area contributed by atoms with E-state index in [1.807, 2.05) is 12.1 Å². The molecule has 0 saturated carbocycles. The highest BCUT2D eigenvalue weighted by molar-refractivity contribution is 5.57. The summed E-state index contributed by atoms with van der Waals surface area (Å²) >= 11 is 0. The number of anilines is 2. The van der Waals surface area contributed by atoms with Crippen LogP contribution in [-0.2, 0) is 0 Å². The first-order chi connectivity index (χ1) is 9.40. The molecule has 1 unspecified atom stereocenters. The number of hydrogen-bond donors (Lipinski definition) is 3. The lowest BCUT2D eigenvalue weighted by atomic mass is 9.88.